The highest BCUT2D eigenvalue weighted by Crippen LogP contribution is 2.13. The van der Waals surface area contributed by atoms with E-state index < -0.39 is 0 Å². The lowest BCUT2D eigenvalue weighted by atomic mass is 10.0. The fraction of sp³-hybridized carbons (Fsp3) is 1.00. The van der Waals surface area contributed by atoms with Crippen LogP contribution in [0.4, 0.5) is 0 Å². The summed E-state index contributed by atoms with van der Waals surface area (Å²) in [6.45, 7) is 14.3. The van der Waals surface area contributed by atoms with Gasteiger partial charge in [-0.15, -0.1) is 0 Å². The van der Waals surface area contributed by atoms with Gasteiger partial charge in [0.1, 0.15) is 0 Å². The van der Waals surface area contributed by atoms with Gasteiger partial charge in [-0.2, -0.15) is 0 Å². The lowest BCUT2D eigenvalue weighted by molar-refractivity contribution is 0.0908. The second kappa shape index (κ2) is 12.6. The number of nitrogens with one attached hydrogen (secondary N) is 1. The Bertz CT molecular complexity index is 198. The maximum absolute atomic E-state index is 5.83. The van der Waals surface area contributed by atoms with Gasteiger partial charge in [0.25, 0.3) is 0 Å². The van der Waals surface area contributed by atoms with E-state index in [2.05, 4.69) is 39.9 Å². The minimum absolute atomic E-state index is 0.261. The Morgan fingerprint density at radius 1 is 0.950 bits per heavy atom. The van der Waals surface area contributed by atoms with Gasteiger partial charge in [-0.1, -0.05) is 46.0 Å². The Morgan fingerprint density at radius 3 is 2.25 bits per heavy atom. The van der Waals surface area contributed by atoms with Gasteiger partial charge in [0.2, 0.25) is 0 Å². The fourth-order valence-corrected chi connectivity index (χ4v) is 2.29. The molecule has 0 saturated carbocycles. The maximum Gasteiger partial charge on any atom is 0.0494 e. The van der Waals surface area contributed by atoms with Crippen molar-refractivity contribution in [3.8, 4) is 0 Å². The highest BCUT2D eigenvalue weighted by atomic mass is 16.5. The molecule has 0 aromatic heterocycles. The zero-order valence-corrected chi connectivity index (χ0v) is 14.8. The van der Waals surface area contributed by atoms with Crippen molar-refractivity contribution in [3.05, 3.63) is 0 Å². The first-order valence-electron chi connectivity index (χ1n) is 8.82. The fourth-order valence-electron chi connectivity index (χ4n) is 2.29. The Hall–Kier alpha value is -0.0800. The van der Waals surface area contributed by atoms with E-state index in [0.717, 1.165) is 25.7 Å². The Balaban J connectivity index is 3.27. The van der Waals surface area contributed by atoms with Gasteiger partial charge in [0.15, 0.2) is 0 Å². The average Bonchev–Trinajstić information content (AvgIpc) is 2.39. The van der Waals surface area contributed by atoms with Crippen LogP contribution in [0.1, 0.15) is 86.0 Å². The van der Waals surface area contributed by atoms with Gasteiger partial charge in [0.05, 0.1) is 0 Å². The summed E-state index contributed by atoms with van der Waals surface area (Å²) in [6.07, 6.45) is 10.4. The van der Waals surface area contributed by atoms with Crippen molar-refractivity contribution in [3.63, 3.8) is 0 Å². The van der Waals surface area contributed by atoms with Gasteiger partial charge in [-0.25, -0.2) is 0 Å². The van der Waals surface area contributed by atoms with Gasteiger partial charge in [0, 0.05) is 18.8 Å². The minimum Gasteiger partial charge on any atom is -0.381 e. The SMILES string of the molecule is CCCCC(CC)COCCCCCCNC(C)(C)C. The first-order chi connectivity index (χ1) is 9.49. The van der Waals surface area contributed by atoms with Crippen molar-refractivity contribution in [2.75, 3.05) is 19.8 Å². The summed E-state index contributed by atoms with van der Waals surface area (Å²) in [5.74, 6) is 0.783. The van der Waals surface area contributed by atoms with Gasteiger partial charge in [-0.05, 0) is 52.5 Å². The quantitative estimate of drug-likeness (QED) is 0.471. The van der Waals surface area contributed by atoms with Crippen LogP contribution in [0.3, 0.4) is 0 Å². The minimum atomic E-state index is 0.261. The van der Waals surface area contributed by atoms with Crippen molar-refractivity contribution < 1.29 is 4.74 Å². The third kappa shape index (κ3) is 14.3. The predicted molar refractivity (Wildman–Crippen MR) is 90.3 cm³/mol. The molecule has 0 aliphatic carbocycles. The molecule has 122 valence electrons. The molecule has 0 aromatic carbocycles. The lowest BCUT2D eigenvalue weighted by Crippen LogP contribution is -2.36. The van der Waals surface area contributed by atoms with Crippen LogP contribution in [0.25, 0.3) is 0 Å². The van der Waals surface area contributed by atoms with Crippen LogP contribution in [0.5, 0.6) is 0 Å². The van der Waals surface area contributed by atoms with Crippen molar-refractivity contribution in [1.29, 1.82) is 0 Å². The third-order valence-electron chi connectivity index (χ3n) is 3.77. The summed E-state index contributed by atoms with van der Waals surface area (Å²) in [6, 6.07) is 0. The van der Waals surface area contributed by atoms with Crippen LogP contribution in [0, 0.1) is 5.92 Å². The molecule has 0 bridgehead atoms. The van der Waals surface area contributed by atoms with E-state index in [9.17, 15) is 0 Å². The molecule has 0 fully saturated rings. The molecule has 0 rings (SSSR count). The number of unbranched alkanes of at least 4 members (excludes halogenated alkanes) is 4. The molecule has 0 radical (unpaired) electrons. The highest BCUT2D eigenvalue weighted by molar-refractivity contribution is 4.69. The molecule has 0 aliphatic heterocycles. The van der Waals surface area contributed by atoms with E-state index >= 15 is 0 Å². The third-order valence-corrected chi connectivity index (χ3v) is 3.77. The van der Waals surface area contributed by atoms with Crippen LogP contribution in [-0.2, 0) is 4.74 Å². The maximum atomic E-state index is 5.83. The number of rotatable bonds is 13. The molecule has 2 heteroatoms. The van der Waals surface area contributed by atoms with Crippen molar-refractivity contribution in [2.45, 2.75) is 91.5 Å². The van der Waals surface area contributed by atoms with Gasteiger partial charge in [-0.3, -0.25) is 0 Å². The van der Waals surface area contributed by atoms with E-state index in [-0.39, 0.29) is 5.54 Å². The van der Waals surface area contributed by atoms with E-state index in [1.165, 1.54) is 51.4 Å². The standard InChI is InChI=1S/C18H39NO/c1-6-8-13-17(7-2)16-20-15-12-10-9-11-14-19-18(3,4)5/h17,19H,6-16H2,1-5H3. The molecule has 0 aliphatic rings. The first kappa shape index (κ1) is 19.9. The monoisotopic (exact) mass is 285 g/mol. The molecular weight excluding hydrogens is 246 g/mol. The summed E-state index contributed by atoms with van der Waals surface area (Å²) >= 11 is 0. The predicted octanol–water partition coefficient (Wildman–Crippen LogP) is 5.17. The molecule has 0 aromatic rings. The van der Waals surface area contributed by atoms with Crippen LogP contribution in [0.15, 0.2) is 0 Å². The summed E-state index contributed by atoms with van der Waals surface area (Å²) < 4.78 is 5.83. The van der Waals surface area contributed by atoms with Crippen molar-refractivity contribution in [2.24, 2.45) is 5.92 Å². The molecule has 0 amide bonds. The second-order valence-electron chi connectivity index (χ2n) is 7.08. The van der Waals surface area contributed by atoms with Crippen LogP contribution < -0.4 is 5.32 Å². The van der Waals surface area contributed by atoms with Crippen LogP contribution >= 0.6 is 0 Å². The zero-order chi connectivity index (χ0) is 15.3. The van der Waals surface area contributed by atoms with Gasteiger partial charge < -0.3 is 10.1 Å². The first-order valence-corrected chi connectivity index (χ1v) is 8.82. The molecule has 0 spiro atoms. The van der Waals surface area contributed by atoms with Crippen molar-refractivity contribution >= 4 is 0 Å². The molecule has 1 atom stereocenters. The summed E-state index contributed by atoms with van der Waals surface area (Å²) in [5, 5.41) is 3.53. The summed E-state index contributed by atoms with van der Waals surface area (Å²) in [7, 11) is 0. The molecule has 0 saturated heterocycles. The molecule has 20 heavy (non-hydrogen) atoms. The van der Waals surface area contributed by atoms with E-state index in [1.54, 1.807) is 0 Å². The number of hydrogen-bond acceptors (Lipinski definition) is 2. The van der Waals surface area contributed by atoms with E-state index in [1.807, 2.05) is 0 Å². The molecule has 1 N–H and O–H groups in total. The smallest absolute Gasteiger partial charge is 0.0494 e. The topological polar surface area (TPSA) is 21.3 Å². The largest absolute Gasteiger partial charge is 0.381 e. The van der Waals surface area contributed by atoms with Gasteiger partial charge >= 0.3 is 0 Å². The van der Waals surface area contributed by atoms with Crippen LogP contribution in [0.2, 0.25) is 0 Å². The number of ether oxygens (including phenoxy) is 1. The molecule has 0 heterocycles. The zero-order valence-electron chi connectivity index (χ0n) is 14.8. The summed E-state index contributed by atoms with van der Waals surface area (Å²) in [4.78, 5) is 0. The molecule has 1 unspecified atom stereocenters. The number of hydrogen-bond donors (Lipinski definition) is 1. The highest BCUT2D eigenvalue weighted by Gasteiger charge is 2.07. The van der Waals surface area contributed by atoms with E-state index in [4.69, 9.17) is 4.74 Å². The second-order valence-corrected chi connectivity index (χ2v) is 7.08. The van der Waals surface area contributed by atoms with E-state index in [0.29, 0.717) is 0 Å². The Kier molecular flexibility index (Phi) is 12.6. The van der Waals surface area contributed by atoms with Crippen LogP contribution in [-0.4, -0.2) is 25.3 Å². The van der Waals surface area contributed by atoms with Crippen molar-refractivity contribution in [1.82, 2.24) is 5.32 Å². The average molecular weight is 286 g/mol. The molecule has 2 nitrogen and oxygen atoms in total. The Labute approximate surface area is 128 Å². The summed E-state index contributed by atoms with van der Waals surface area (Å²) in [5.41, 5.74) is 0.261. The Morgan fingerprint density at radius 2 is 1.65 bits per heavy atom. The normalized spacial score (nSPS) is 13.7. The lowest BCUT2D eigenvalue weighted by Gasteiger charge is -2.20. The molecular formula is C18H39NO.